The quantitative estimate of drug-likeness (QED) is 0.293. The van der Waals surface area contributed by atoms with Crippen molar-refractivity contribution in [1.29, 1.82) is 0 Å². The van der Waals surface area contributed by atoms with E-state index in [0.29, 0.717) is 0 Å². The lowest BCUT2D eigenvalue weighted by Crippen LogP contribution is -2.31. The minimum absolute atomic E-state index is 0.190. The van der Waals surface area contributed by atoms with Crippen molar-refractivity contribution in [3.8, 4) is 0 Å². The smallest absolute Gasteiger partial charge is 0.321 e. The number of carboxylic acids is 1. The largest absolute Gasteiger partial charge is 0.480 e. The molecule has 0 aliphatic heterocycles. The van der Waals surface area contributed by atoms with Gasteiger partial charge in [0.2, 0.25) is 6.41 Å². The highest BCUT2D eigenvalue weighted by Crippen LogP contribution is 1.80. The number of carbonyl (C=O) groups is 2. The average Bonchev–Trinajstić information content (AvgIpc) is 1.88. The topological polar surface area (TPSA) is 106 Å². The zero-order chi connectivity index (χ0) is 8.57. The van der Waals surface area contributed by atoms with Crippen molar-refractivity contribution in [3.05, 3.63) is 0 Å². The molecule has 1 atom stereocenters. The third-order valence-electron chi connectivity index (χ3n) is 0.514. The summed E-state index contributed by atoms with van der Waals surface area (Å²) in [6.07, 6.45) is 0.250. The standard InChI is InChI=1S/C3H7NO2S.CH3NO/c4-2(1-7)3(5)6;2-1-3/h2,7H,1,4H2,(H,5,6);1H,(H2,2,3)/t2-;/m1./s1. The molecule has 10 heavy (non-hydrogen) atoms. The Labute approximate surface area is 63.8 Å². The number of carbonyl (C=O) groups excluding carboxylic acids is 1. The first-order valence-electron chi connectivity index (χ1n) is 2.34. The van der Waals surface area contributed by atoms with Crippen LogP contribution in [-0.2, 0) is 9.59 Å². The summed E-state index contributed by atoms with van der Waals surface area (Å²) in [7, 11) is 0. The number of amides is 1. The van der Waals surface area contributed by atoms with Gasteiger partial charge in [0.1, 0.15) is 6.04 Å². The van der Waals surface area contributed by atoms with E-state index in [1.54, 1.807) is 0 Å². The lowest BCUT2D eigenvalue weighted by Gasteiger charge is -1.96. The number of nitrogens with two attached hydrogens (primary N) is 2. The molecule has 0 aliphatic carbocycles. The second-order valence-corrected chi connectivity index (χ2v) is 1.63. The Morgan fingerprint density at radius 1 is 1.80 bits per heavy atom. The molecule has 0 saturated carbocycles. The van der Waals surface area contributed by atoms with Crippen molar-refractivity contribution < 1.29 is 14.7 Å². The molecule has 0 spiro atoms. The van der Waals surface area contributed by atoms with E-state index in [1.807, 2.05) is 0 Å². The van der Waals surface area contributed by atoms with Crippen LogP contribution in [0.25, 0.3) is 0 Å². The molecule has 0 saturated heterocycles. The molecule has 5 nitrogen and oxygen atoms in total. The number of aliphatic carboxylic acids is 1. The number of hydrogen-bond acceptors (Lipinski definition) is 4. The highest BCUT2D eigenvalue weighted by atomic mass is 32.1. The summed E-state index contributed by atoms with van der Waals surface area (Å²) in [6.45, 7) is 0. The Morgan fingerprint density at radius 3 is 2.10 bits per heavy atom. The van der Waals surface area contributed by atoms with Gasteiger partial charge in [0.05, 0.1) is 0 Å². The second kappa shape index (κ2) is 8.25. The fourth-order valence-corrected chi connectivity index (χ4v) is 0.234. The van der Waals surface area contributed by atoms with Gasteiger partial charge in [0.25, 0.3) is 0 Å². The SMILES string of the molecule is NC=O.N[C@H](CS)C(=O)O. The Bertz CT molecular complexity index is 109. The summed E-state index contributed by atoms with van der Waals surface area (Å²) in [5.41, 5.74) is 9.11. The molecular formula is C4H10N2O3S. The Hall–Kier alpha value is -0.750. The summed E-state index contributed by atoms with van der Waals surface area (Å²) in [5, 5.41) is 8.01. The van der Waals surface area contributed by atoms with Gasteiger partial charge < -0.3 is 16.6 Å². The minimum Gasteiger partial charge on any atom is -0.480 e. The van der Waals surface area contributed by atoms with E-state index in [0.717, 1.165) is 0 Å². The Morgan fingerprint density at radius 2 is 2.10 bits per heavy atom. The summed E-state index contributed by atoms with van der Waals surface area (Å²) in [6, 6.07) is -0.816. The van der Waals surface area contributed by atoms with Crippen molar-refractivity contribution >= 4 is 25.0 Å². The zero-order valence-electron chi connectivity index (χ0n) is 5.23. The fraction of sp³-hybridized carbons (Fsp3) is 0.500. The molecule has 0 fully saturated rings. The van der Waals surface area contributed by atoms with E-state index in [-0.39, 0.29) is 12.2 Å². The van der Waals surface area contributed by atoms with E-state index in [2.05, 4.69) is 18.4 Å². The molecule has 0 aromatic heterocycles. The maximum absolute atomic E-state index is 9.76. The third kappa shape index (κ3) is 10.3. The van der Waals surface area contributed by atoms with Crippen molar-refractivity contribution in [2.75, 3.05) is 5.75 Å². The molecule has 0 radical (unpaired) electrons. The van der Waals surface area contributed by atoms with Crippen LogP contribution >= 0.6 is 12.6 Å². The summed E-state index contributed by atoms with van der Waals surface area (Å²) >= 11 is 3.65. The van der Waals surface area contributed by atoms with Crippen molar-refractivity contribution in [2.45, 2.75) is 6.04 Å². The van der Waals surface area contributed by atoms with E-state index >= 15 is 0 Å². The number of thiol groups is 1. The van der Waals surface area contributed by atoms with Crippen molar-refractivity contribution in [3.63, 3.8) is 0 Å². The normalized spacial score (nSPS) is 10.6. The van der Waals surface area contributed by atoms with E-state index in [1.165, 1.54) is 0 Å². The van der Waals surface area contributed by atoms with Gasteiger partial charge in [0, 0.05) is 5.75 Å². The van der Waals surface area contributed by atoms with Gasteiger partial charge in [-0.15, -0.1) is 0 Å². The first kappa shape index (κ1) is 12.0. The van der Waals surface area contributed by atoms with Gasteiger partial charge in [0.15, 0.2) is 0 Å². The van der Waals surface area contributed by atoms with Gasteiger partial charge in [-0.1, -0.05) is 0 Å². The summed E-state index contributed by atoms with van der Waals surface area (Å²) in [4.78, 5) is 18.3. The molecule has 0 rings (SSSR count). The van der Waals surface area contributed by atoms with Crippen LogP contribution in [0.5, 0.6) is 0 Å². The van der Waals surface area contributed by atoms with Crippen molar-refractivity contribution in [1.82, 2.24) is 0 Å². The fourth-order valence-electron chi connectivity index (χ4n) is 0.0781. The highest BCUT2D eigenvalue weighted by molar-refractivity contribution is 7.80. The summed E-state index contributed by atoms with van der Waals surface area (Å²) < 4.78 is 0. The molecule has 0 bridgehead atoms. The molecule has 0 aromatic carbocycles. The van der Waals surface area contributed by atoms with Crippen LogP contribution in [0.4, 0.5) is 0 Å². The monoisotopic (exact) mass is 166 g/mol. The highest BCUT2D eigenvalue weighted by Gasteiger charge is 2.06. The zero-order valence-corrected chi connectivity index (χ0v) is 6.12. The second-order valence-electron chi connectivity index (χ2n) is 1.26. The van der Waals surface area contributed by atoms with Gasteiger partial charge >= 0.3 is 5.97 Å². The van der Waals surface area contributed by atoms with Crippen molar-refractivity contribution in [2.24, 2.45) is 11.5 Å². The van der Waals surface area contributed by atoms with E-state index in [4.69, 9.17) is 15.6 Å². The van der Waals surface area contributed by atoms with Crippen LogP contribution in [0, 0.1) is 0 Å². The minimum atomic E-state index is -1.00. The van der Waals surface area contributed by atoms with Crippen LogP contribution in [0.3, 0.4) is 0 Å². The van der Waals surface area contributed by atoms with Gasteiger partial charge in [-0.05, 0) is 0 Å². The molecule has 60 valence electrons. The molecule has 5 N–H and O–H groups in total. The molecule has 6 heteroatoms. The number of carboxylic acid groups (broad SMARTS) is 1. The Balaban J connectivity index is 0. The number of rotatable bonds is 2. The molecular weight excluding hydrogens is 156 g/mol. The summed E-state index contributed by atoms with van der Waals surface area (Å²) in [5.74, 6) is -0.815. The maximum Gasteiger partial charge on any atom is 0.321 e. The predicted molar refractivity (Wildman–Crippen MR) is 39.7 cm³/mol. The molecule has 0 heterocycles. The van der Waals surface area contributed by atoms with Crippen LogP contribution < -0.4 is 11.5 Å². The lowest BCUT2D eigenvalue weighted by atomic mass is 10.4. The van der Waals surface area contributed by atoms with Gasteiger partial charge in [-0.25, -0.2) is 0 Å². The van der Waals surface area contributed by atoms with E-state index in [9.17, 15) is 4.79 Å². The van der Waals surface area contributed by atoms with Crippen LogP contribution in [0.2, 0.25) is 0 Å². The van der Waals surface area contributed by atoms with Crippen LogP contribution in [0.1, 0.15) is 0 Å². The van der Waals surface area contributed by atoms with E-state index < -0.39 is 12.0 Å². The average molecular weight is 166 g/mol. The molecule has 0 unspecified atom stereocenters. The number of hydrogen-bond donors (Lipinski definition) is 4. The first-order valence-corrected chi connectivity index (χ1v) is 2.98. The molecule has 0 aliphatic rings. The molecule has 1 amide bonds. The first-order chi connectivity index (χ1) is 4.59. The van der Waals surface area contributed by atoms with Crippen LogP contribution in [-0.4, -0.2) is 29.3 Å². The van der Waals surface area contributed by atoms with Gasteiger partial charge in [-0.3, -0.25) is 9.59 Å². The van der Waals surface area contributed by atoms with Crippen LogP contribution in [0.15, 0.2) is 0 Å². The Kier molecular flexibility index (Phi) is 9.88. The maximum atomic E-state index is 9.76. The number of primary amides is 1. The van der Waals surface area contributed by atoms with Gasteiger partial charge in [-0.2, -0.15) is 12.6 Å². The molecule has 0 aromatic rings. The predicted octanol–water partition coefficient (Wildman–Crippen LogP) is -1.57. The lowest BCUT2D eigenvalue weighted by molar-refractivity contribution is -0.137. The third-order valence-corrected chi connectivity index (χ3v) is 0.907.